The van der Waals surface area contributed by atoms with E-state index in [2.05, 4.69) is 18.8 Å². The fourth-order valence-corrected chi connectivity index (χ4v) is 2.90. The maximum atomic E-state index is 11.3. The molecule has 1 saturated heterocycles. The van der Waals surface area contributed by atoms with Crippen LogP contribution in [-0.2, 0) is 9.53 Å². The smallest absolute Gasteiger partial charge is 0.334 e. The van der Waals surface area contributed by atoms with Crippen molar-refractivity contribution >= 4 is 17.3 Å². The van der Waals surface area contributed by atoms with E-state index in [1.54, 1.807) is 23.0 Å². The molecule has 4 heteroatoms. The summed E-state index contributed by atoms with van der Waals surface area (Å²) in [6.45, 7) is 4.79. The Hall–Kier alpha value is -1.16. The zero-order valence-corrected chi connectivity index (χ0v) is 11.0. The van der Waals surface area contributed by atoms with Crippen LogP contribution in [0.2, 0.25) is 0 Å². The summed E-state index contributed by atoms with van der Waals surface area (Å²) in [5.41, 5.74) is 4.04. The van der Waals surface area contributed by atoms with E-state index in [9.17, 15) is 4.79 Å². The molecule has 0 spiro atoms. The first-order valence-corrected chi connectivity index (χ1v) is 6.77. The fourth-order valence-electron chi connectivity index (χ4n) is 2.55. The van der Waals surface area contributed by atoms with Gasteiger partial charge >= 0.3 is 5.97 Å². The Labute approximate surface area is 106 Å². The van der Waals surface area contributed by atoms with Crippen molar-refractivity contribution < 1.29 is 9.53 Å². The van der Waals surface area contributed by atoms with Crippen LogP contribution in [0.15, 0.2) is 28.2 Å². The third kappa shape index (κ3) is 2.57. The number of allylic oxidation sites excluding steroid dienone is 1. The molecule has 0 radical (unpaired) electrons. The molecule has 2 heterocycles. The number of thiazole rings is 1. The average molecular weight is 251 g/mol. The van der Waals surface area contributed by atoms with Crippen molar-refractivity contribution in [2.75, 3.05) is 6.61 Å². The van der Waals surface area contributed by atoms with Crippen molar-refractivity contribution in [3.8, 4) is 0 Å². The van der Waals surface area contributed by atoms with Crippen LogP contribution in [-0.4, -0.2) is 17.6 Å². The Kier molecular flexibility index (Phi) is 3.62. The molecule has 0 unspecified atom stereocenters. The van der Waals surface area contributed by atoms with Gasteiger partial charge in [0.25, 0.3) is 0 Å². The van der Waals surface area contributed by atoms with Crippen molar-refractivity contribution in [3.05, 3.63) is 28.2 Å². The Morgan fingerprint density at radius 3 is 2.88 bits per heavy atom. The van der Waals surface area contributed by atoms with Gasteiger partial charge in [-0.05, 0) is 26.2 Å². The summed E-state index contributed by atoms with van der Waals surface area (Å²) >= 11 is 1.60. The summed E-state index contributed by atoms with van der Waals surface area (Å²) in [7, 11) is 0. The molecule has 3 nitrogen and oxygen atoms in total. The van der Waals surface area contributed by atoms with Crippen molar-refractivity contribution in [2.24, 2.45) is 5.41 Å². The van der Waals surface area contributed by atoms with E-state index in [0.717, 1.165) is 18.4 Å². The first-order chi connectivity index (χ1) is 8.13. The van der Waals surface area contributed by atoms with Gasteiger partial charge in [0.05, 0.1) is 5.51 Å². The Bertz CT molecular complexity index is 407. The molecule has 2 aliphatic rings. The van der Waals surface area contributed by atoms with Crippen molar-refractivity contribution in [2.45, 2.75) is 33.1 Å². The number of cyclic esters (lactones) is 1. The second-order valence-corrected chi connectivity index (χ2v) is 5.58. The van der Waals surface area contributed by atoms with Gasteiger partial charge in [0.2, 0.25) is 0 Å². The lowest BCUT2D eigenvalue weighted by Gasteiger charge is -2.27. The predicted octanol–water partition coefficient (Wildman–Crippen LogP) is 3.19. The van der Waals surface area contributed by atoms with Crippen molar-refractivity contribution in [1.29, 1.82) is 0 Å². The van der Waals surface area contributed by atoms with E-state index in [0.29, 0.717) is 6.61 Å². The third-order valence-electron chi connectivity index (χ3n) is 3.38. The number of hydrogen-bond donors (Lipinski definition) is 0. The lowest BCUT2D eigenvalue weighted by atomic mass is 9.73. The lowest BCUT2D eigenvalue weighted by molar-refractivity contribution is -0.135. The van der Waals surface area contributed by atoms with E-state index in [-0.39, 0.29) is 11.4 Å². The molecule has 0 saturated carbocycles. The first-order valence-electron chi connectivity index (χ1n) is 5.83. The standard InChI is InChI=1S/C10H14O2.C3H3NS/c1-7-4-3-5-10(2)6-12-9(11)8(7)10;1-2-5-3-4-1/h3-6H2,1-2H3;1-3H/t10-;/m0./s1. The van der Waals surface area contributed by atoms with E-state index >= 15 is 0 Å². The van der Waals surface area contributed by atoms with E-state index in [1.165, 1.54) is 12.0 Å². The van der Waals surface area contributed by atoms with Crippen LogP contribution in [0.3, 0.4) is 0 Å². The van der Waals surface area contributed by atoms with Crippen LogP contribution < -0.4 is 0 Å². The number of esters is 1. The number of carbonyl (C=O) groups is 1. The lowest BCUT2D eigenvalue weighted by Crippen LogP contribution is -2.23. The molecule has 1 aromatic rings. The summed E-state index contributed by atoms with van der Waals surface area (Å²) in [4.78, 5) is 15.1. The molecule has 1 fully saturated rings. The summed E-state index contributed by atoms with van der Waals surface area (Å²) in [5, 5.41) is 1.93. The van der Waals surface area contributed by atoms with Crippen molar-refractivity contribution in [3.63, 3.8) is 0 Å². The fraction of sp³-hybridized carbons (Fsp3) is 0.538. The molecule has 0 amide bonds. The predicted molar refractivity (Wildman–Crippen MR) is 67.7 cm³/mol. The van der Waals surface area contributed by atoms with Gasteiger partial charge in [-0.25, -0.2) is 4.79 Å². The van der Waals surface area contributed by atoms with Crippen LogP contribution in [0, 0.1) is 5.41 Å². The third-order valence-corrected chi connectivity index (χ3v) is 3.91. The van der Waals surface area contributed by atoms with Gasteiger partial charge in [-0.2, -0.15) is 0 Å². The number of carbonyl (C=O) groups excluding carboxylic acids is 1. The molecule has 1 aliphatic heterocycles. The highest BCUT2D eigenvalue weighted by atomic mass is 32.1. The molecule has 17 heavy (non-hydrogen) atoms. The SMILES string of the molecule is CC1=C2C(=O)OC[C@]2(C)CCC1.c1cscn1. The van der Waals surface area contributed by atoms with Gasteiger partial charge in [0, 0.05) is 22.6 Å². The van der Waals surface area contributed by atoms with Gasteiger partial charge in [0.1, 0.15) is 6.61 Å². The molecule has 3 rings (SSSR count). The normalized spacial score (nSPS) is 27.1. The number of rotatable bonds is 0. The number of ether oxygens (including phenoxy) is 1. The summed E-state index contributed by atoms with van der Waals surface area (Å²) in [6, 6.07) is 0. The maximum absolute atomic E-state index is 11.3. The monoisotopic (exact) mass is 251 g/mol. The highest BCUT2D eigenvalue weighted by Gasteiger charge is 2.44. The number of aromatic nitrogens is 1. The molecule has 1 aliphatic carbocycles. The van der Waals surface area contributed by atoms with Gasteiger partial charge in [0.15, 0.2) is 0 Å². The quantitative estimate of drug-likeness (QED) is 0.665. The summed E-state index contributed by atoms with van der Waals surface area (Å²) in [6.07, 6.45) is 5.14. The minimum Gasteiger partial charge on any atom is -0.461 e. The second-order valence-electron chi connectivity index (χ2n) is 4.82. The molecular formula is C13H17NO2S. The number of fused-ring (bicyclic) bond motifs is 1. The van der Waals surface area contributed by atoms with Gasteiger partial charge in [-0.1, -0.05) is 12.5 Å². The largest absolute Gasteiger partial charge is 0.461 e. The summed E-state index contributed by atoms with van der Waals surface area (Å²) in [5.74, 6) is -0.0744. The highest BCUT2D eigenvalue weighted by molar-refractivity contribution is 7.07. The van der Waals surface area contributed by atoms with E-state index in [4.69, 9.17) is 4.74 Å². The highest BCUT2D eigenvalue weighted by Crippen LogP contribution is 2.45. The molecular weight excluding hydrogens is 234 g/mol. The van der Waals surface area contributed by atoms with Crippen LogP contribution in [0.1, 0.15) is 33.1 Å². The van der Waals surface area contributed by atoms with Gasteiger partial charge in [-0.15, -0.1) is 11.3 Å². The minimum absolute atomic E-state index is 0.0411. The first kappa shape index (κ1) is 12.3. The van der Waals surface area contributed by atoms with Crippen molar-refractivity contribution in [1.82, 2.24) is 4.98 Å². The van der Waals surface area contributed by atoms with Gasteiger partial charge < -0.3 is 4.74 Å². The van der Waals surface area contributed by atoms with Crippen LogP contribution in [0.25, 0.3) is 0 Å². The Morgan fingerprint density at radius 2 is 2.35 bits per heavy atom. The number of nitrogens with zero attached hydrogens (tertiary/aromatic N) is 1. The van der Waals surface area contributed by atoms with Crippen LogP contribution in [0.4, 0.5) is 0 Å². The van der Waals surface area contributed by atoms with E-state index in [1.807, 2.05) is 5.38 Å². The Balaban J connectivity index is 0.000000181. The minimum atomic E-state index is -0.0744. The molecule has 0 aromatic carbocycles. The Morgan fingerprint density at radius 1 is 1.53 bits per heavy atom. The molecule has 0 N–H and O–H groups in total. The van der Waals surface area contributed by atoms with Crippen LogP contribution >= 0.6 is 11.3 Å². The number of hydrogen-bond acceptors (Lipinski definition) is 4. The second kappa shape index (κ2) is 5.00. The average Bonchev–Trinajstić information content (AvgIpc) is 2.91. The zero-order chi connectivity index (χ0) is 12.3. The maximum Gasteiger partial charge on any atom is 0.334 e. The molecule has 92 valence electrons. The van der Waals surface area contributed by atoms with Gasteiger partial charge in [-0.3, -0.25) is 4.98 Å². The zero-order valence-electron chi connectivity index (χ0n) is 10.2. The van der Waals surface area contributed by atoms with E-state index < -0.39 is 0 Å². The molecule has 0 bridgehead atoms. The summed E-state index contributed by atoms with van der Waals surface area (Å²) < 4.78 is 5.08. The topological polar surface area (TPSA) is 39.2 Å². The van der Waals surface area contributed by atoms with Crippen LogP contribution in [0.5, 0.6) is 0 Å². The molecule has 1 aromatic heterocycles. The molecule has 1 atom stereocenters.